The molecular formula is C15H19Na. The van der Waals surface area contributed by atoms with Crippen LogP contribution in [0.15, 0.2) is 42.5 Å². The molecule has 0 spiro atoms. The normalized spacial score (nSPS) is 10.1. The minimum absolute atomic E-state index is 0. The van der Waals surface area contributed by atoms with Crippen molar-refractivity contribution in [2.45, 2.75) is 32.6 Å². The Morgan fingerprint density at radius 1 is 0.938 bits per heavy atom. The zero-order valence-corrected chi connectivity index (χ0v) is 12.4. The zero-order chi connectivity index (χ0) is 10.5. The summed E-state index contributed by atoms with van der Waals surface area (Å²) in [4.78, 5) is 0. The summed E-state index contributed by atoms with van der Waals surface area (Å²) in [6.07, 6.45) is 5.16. The first-order chi connectivity index (χ1) is 7.42. The van der Waals surface area contributed by atoms with Crippen LogP contribution in [0.5, 0.6) is 0 Å². The first-order valence-electron chi connectivity index (χ1n) is 5.88. The van der Waals surface area contributed by atoms with Crippen molar-refractivity contribution in [3.05, 3.63) is 48.0 Å². The molecule has 0 saturated carbocycles. The number of hydrogen-bond acceptors (Lipinski definition) is 0. The van der Waals surface area contributed by atoms with E-state index >= 15 is 0 Å². The van der Waals surface area contributed by atoms with E-state index in [-0.39, 0.29) is 31.0 Å². The molecule has 0 atom stereocenters. The van der Waals surface area contributed by atoms with Gasteiger partial charge in [0, 0.05) is 0 Å². The Labute approximate surface area is 122 Å². The summed E-state index contributed by atoms with van der Waals surface area (Å²) in [5, 5.41) is 2.79. The summed E-state index contributed by atoms with van der Waals surface area (Å²) in [5.74, 6) is 0. The van der Waals surface area contributed by atoms with Gasteiger partial charge in [-0.25, -0.2) is 0 Å². The number of aryl methyl sites for hydroxylation is 1. The third-order valence-electron chi connectivity index (χ3n) is 2.93. The van der Waals surface area contributed by atoms with Crippen molar-refractivity contribution in [1.82, 2.24) is 0 Å². The van der Waals surface area contributed by atoms with Gasteiger partial charge in [0.2, 0.25) is 0 Å². The Kier molecular flexibility index (Phi) is 6.12. The predicted molar refractivity (Wildman–Crippen MR) is 68.3 cm³/mol. The fourth-order valence-corrected chi connectivity index (χ4v) is 2.08. The largest absolute Gasteiger partial charge is 1.00 e. The topological polar surface area (TPSA) is 0 Å². The molecule has 16 heavy (non-hydrogen) atoms. The fourth-order valence-electron chi connectivity index (χ4n) is 2.08. The van der Waals surface area contributed by atoms with Crippen molar-refractivity contribution in [3.63, 3.8) is 0 Å². The SMILES string of the molecule is CCCCCc1cccc2ccccc12.[H-].[Na+]. The van der Waals surface area contributed by atoms with E-state index in [1.807, 2.05) is 0 Å². The van der Waals surface area contributed by atoms with Crippen molar-refractivity contribution in [1.29, 1.82) is 0 Å². The molecule has 0 aromatic heterocycles. The van der Waals surface area contributed by atoms with Gasteiger partial charge in [-0.3, -0.25) is 0 Å². The van der Waals surface area contributed by atoms with E-state index in [0.717, 1.165) is 0 Å². The van der Waals surface area contributed by atoms with Gasteiger partial charge >= 0.3 is 29.6 Å². The Morgan fingerprint density at radius 3 is 2.50 bits per heavy atom. The van der Waals surface area contributed by atoms with E-state index in [1.165, 1.54) is 42.0 Å². The minimum atomic E-state index is 0. The number of unbranched alkanes of at least 4 members (excludes halogenated alkanes) is 2. The third kappa shape index (κ3) is 3.35. The molecule has 1 heteroatoms. The van der Waals surface area contributed by atoms with Crippen LogP contribution in [0.4, 0.5) is 0 Å². The van der Waals surface area contributed by atoms with Gasteiger partial charge in [-0.2, -0.15) is 0 Å². The van der Waals surface area contributed by atoms with Gasteiger partial charge in [0.1, 0.15) is 0 Å². The van der Waals surface area contributed by atoms with Crippen molar-refractivity contribution < 1.29 is 31.0 Å². The maximum Gasteiger partial charge on any atom is 1.00 e. The van der Waals surface area contributed by atoms with Gasteiger partial charge in [0.15, 0.2) is 0 Å². The van der Waals surface area contributed by atoms with Crippen molar-refractivity contribution in [3.8, 4) is 0 Å². The van der Waals surface area contributed by atoms with Crippen molar-refractivity contribution in [2.24, 2.45) is 0 Å². The minimum Gasteiger partial charge on any atom is -1.00 e. The molecule has 0 aliphatic rings. The van der Waals surface area contributed by atoms with Crippen LogP contribution in [0.2, 0.25) is 0 Å². The molecule has 0 N–H and O–H groups in total. The molecule has 0 saturated heterocycles. The van der Waals surface area contributed by atoms with Crippen LogP contribution in [-0.2, 0) is 6.42 Å². The van der Waals surface area contributed by atoms with Crippen LogP contribution < -0.4 is 29.6 Å². The van der Waals surface area contributed by atoms with E-state index in [9.17, 15) is 0 Å². The smallest absolute Gasteiger partial charge is 1.00 e. The third-order valence-corrected chi connectivity index (χ3v) is 2.93. The quantitative estimate of drug-likeness (QED) is 0.545. The van der Waals surface area contributed by atoms with E-state index < -0.39 is 0 Å². The van der Waals surface area contributed by atoms with Gasteiger partial charge in [-0.15, -0.1) is 0 Å². The molecule has 2 aromatic rings. The molecule has 2 aromatic carbocycles. The molecule has 0 unspecified atom stereocenters. The van der Waals surface area contributed by atoms with Crippen LogP contribution >= 0.6 is 0 Å². The maximum absolute atomic E-state index is 2.26. The van der Waals surface area contributed by atoms with E-state index in [4.69, 9.17) is 0 Å². The summed E-state index contributed by atoms with van der Waals surface area (Å²) < 4.78 is 0. The summed E-state index contributed by atoms with van der Waals surface area (Å²) in [7, 11) is 0. The molecule has 2 rings (SSSR count). The fraction of sp³-hybridized carbons (Fsp3) is 0.333. The number of hydrogen-bond donors (Lipinski definition) is 0. The zero-order valence-electron chi connectivity index (χ0n) is 11.4. The second kappa shape index (κ2) is 7.11. The van der Waals surface area contributed by atoms with Gasteiger partial charge < -0.3 is 1.43 Å². The van der Waals surface area contributed by atoms with Crippen LogP contribution in [0.3, 0.4) is 0 Å². The average molecular weight is 222 g/mol. The molecule has 0 nitrogen and oxygen atoms in total. The van der Waals surface area contributed by atoms with Gasteiger partial charge in [0.05, 0.1) is 0 Å². The second-order valence-corrected chi connectivity index (χ2v) is 4.10. The van der Waals surface area contributed by atoms with Crippen LogP contribution in [0.1, 0.15) is 33.2 Å². The monoisotopic (exact) mass is 222 g/mol. The van der Waals surface area contributed by atoms with E-state index in [2.05, 4.69) is 49.4 Å². The Hall–Kier alpha value is -0.300. The molecular weight excluding hydrogens is 203 g/mol. The van der Waals surface area contributed by atoms with E-state index in [0.29, 0.717) is 0 Å². The molecule has 0 bridgehead atoms. The predicted octanol–water partition coefficient (Wildman–Crippen LogP) is 1.69. The number of fused-ring (bicyclic) bond motifs is 1. The molecule has 0 aliphatic carbocycles. The number of rotatable bonds is 4. The summed E-state index contributed by atoms with van der Waals surface area (Å²) in [6, 6.07) is 15.3. The molecule has 0 amide bonds. The molecule has 0 fully saturated rings. The second-order valence-electron chi connectivity index (χ2n) is 4.10. The molecule has 0 radical (unpaired) electrons. The first-order valence-corrected chi connectivity index (χ1v) is 5.88. The number of benzene rings is 2. The van der Waals surface area contributed by atoms with Crippen molar-refractivity contribution in [2.75, 3.05) is 0 Å². The van der Waals surface area contributed by atoms with Crippen LogP contribution in [0.25, 0.3) is 10.8 Å². The average Bonchev–Trinajstić information content (AvgIpc) is 2.30. The summed E-state index contributed by atoms with van der Waals surface area (Å²) in [6.45, 7) is 2.25. The molecule has 0 heterocycles. The molecule has 80 valence electrons. The Morgan fingerprint density at radius 2 is 1.69 bits per heavy atom. The summed E-state index contributed by atoms with van der Waals surface area (Å²) in [5.41, 5.74) is 1.50. The standard InChI is InChI=1S/C15H18.Na.H/c1-2-3-4-8-13-10-7-11-14-9-5-6-12-15(13)14;;/h5-7,9-12H,2-4,8H2,1H3;;/q;+1;-1. The van der Waals surface area contributed by atoms with Crippen LogP contribution in [-0.4, -0.2) is 0 Å². The Bertz CT molecular complexity index is 434. The van der Waals surface area contributed by atoms with Gasteiger partial charge in [-0.05, 0) is 29.2 Å². The van der Waals surface area contributed by atoms with Gasteiger partial charge in [-0.1, -0.05) is 62.2 Å². The summed E-state index contributed by atoms with van der Waals surface area (Å²) >= 11 is 0. The van der Waals surface area contributed by atoms with E-state index in [1.54, 1.807) is 0 Å². The van der Waals surface area contributed by atoms with Gasteiger partial charge in [0.25, 0.3) is 0 Å². The van der Waals surface area contributed by atoms with Crippen LogP contribution in [0, 0.1) is 0 Å². The van der Waals surface area contributed by atoms with Crippen molar-refractivity contribution >= 4 is 10.8 Å². The maximum atomic E-state index is 2.26. The molecule has 0 aliphatic heterocycles. The first kappa shape index (κ1) is 13.8. The Balaban J connectivity index is 0.00000128.